The lowest BCUT2D eigenvalue weighted by Crippen LogP contribution is -2.37. The lowest BCUT2D eigenvalue weighted by molar-refractivity contribution is 0.794. The summed E-state index contributed by atoms with van der Waals surface area (Å²) in [5, 5.41) is 25.2. The maximum absolute atomic E-state index is 9.91. The molecule has 0 radical (unpaired) electrons. The summed E-state index contributed by atoms with van der Waals surface area (Å²) in [6, 6.07) is 80.7. The quantitative estimate of drug-likeness (QED) is 0.142. The molecule has 10 aromatic rings. The highest BCUT2D eigenvalue weighted by atomic mass is 28.3. The molecule has 3 aliphatic carbocycles. The molecule has 0 fully saturated rings. The van der Waals surface area contributed by atoms with Crippen LogP contribution in [0.25, 0.3) is 55.3 Å². The molecule has 4 nitrogen and oxygen atoms in total. The van der Waals surface area contributed by atoms with Crippen LogP contribution in [0.5, 0.6) is 0 Å². The Kier molecular flexibility index (Phi) is 9.89. The van der Waals surface area contributed by atoms with Crippen LogP contribution >= 0.6 is 0 Å². The fraction of sp³-hybridized carbons (Fsp3) is 0.104. The van der Waals surface area contributed by atoms with Gasteiger partial charge in [0.2, 0.25) is 0 Å². The van der Waals surface area contributed by atoms with Crippen LogP contribution in [0.1, 0.15) is 33.4 Å². The Morgan fingerprint density at radius 3 is 1.22 bits per heavy atom. The summed E-state index contributed by atoms with van der Waals surface area (Å²) in [6.45, 7) is 14.4. The first kappa shape index (κ1) is 44.4. The lowest BCUT2D eigenvalue weighted by Gasteiger charge is -2.33. The van der Waals surface area contributed by atoms with Gasteiger partial charge in [0.25, 0.3) is 0 Å². The van der Waals surface area contributed by atoms with Gasteiger partial charge in [-0.05, 0) is 181 Å². The zero-order valence-corrected chi connectivity index (χ0v) is 43.9. The minimum absolute atomic E-state index is 0.628. The van der Waals surface area contributed by atoms with E-state index in [2.05, 4.69) is 243 Å². The number of anilines is 6. The van der Waals surface area contributed by atoms with Gasteiger partial charge in [-0.3, -0.25) is 0 Å². The van der Waals surface area contributed by atoms with E-state index < -0.39 is 21.6 Å². The molecule has 0 aliphatic heterocycles. The van der Waals surface area contributed by atoms with Crippen molar-refractivity contribution in [3.63, 3.8) is 0 Å². The second-order valence-corrected chi connectivity index (χ2v) is 32.1. The van der Waals surface area contributed by atoms with Crippen molar-refractivity contribution in [1.82, 2.24) is 0 Å². The molecule has 0 aromatic heterocycles. The smallest absolute Gasteiger partial charge is 0.0991 e. The summed E-state index contributed by atoms with van der Waals surface area (Å²) >= 11 is 0. The predicted molar refractivity (Wildman–Crippen MR) is 309 cm³/mol. The van der Waals surface area contributed by atoms with Crippen LogP contribution in [0, 0.1) is 22.7 Å². The molecular formula is C67H52N4Si2. The third-order valence-corrected chi connectivity index (χ3v) is 19.9. The summed E-state index contributed by atoms with van der Waals surface area (Å²) in [5.74, 6) is 0. The van der Waals surface area contributed by atoms with Gasteiger partial charge in [-0.15, -0.1) is 0 Å². The van der Waals surface area contributed by atoms with Gasteiger partial charge in [0.1, 0.15) is 0 Å². The monoisotopic (exact) mass is 968 g/mol. The molecule has 0 saturated carbocycles. The molecule has 0 unspecified atom stereocenters. The Morgan fingerprint density at radius 2 is 0.753 bits per heavy atom. The van der Waals surface area contributed by atoms with Gasteiger partial charge in [0, 0.05) is 34.1 Å². The lowest BCUT2D eigenvalue weighted by atomic mass is 9.70. The molecule has 0 bridgehead atoms. The van der Waals surface area contributed by atoms with Gasteiger partial charge in [-0.1, -0.05) is 153 Å². The van der Waals surface area contributed by atoms with Crippen LogP contribution in [0.3, 0.4) is 0 Å². The third kappa shape index (κ3) is 6.68. The summed E-state index contributed by atoms with van der Waals surface area (Å²) in [7, 11) is -3.18. The van der Waals surface area contributed by atoms with Crippen molar-refractivity contribution in [3.8, 4) is 56.6 Å². The largest absolute Gasteiger partial charge is 0.310 e. The molecule has 0 heterocycles. The van der Waals surface area contributed by atoms with Gasteiger partial charge < -0.3 is 9.80 Å². The van der Waals surface area contributed by atoms with E-state index in [-0.39, 0.29) is 0 Å². The van der Waals surface area contributed by atoms with E-state index in [1.807, 2.05) is 24.3 Å². The van der Waals surface area contributed by atoms with Gasteiger partial charge in [0.15, 0.2) is 0 Å². The highest BCUT2D eigenvalue weighted by Gasteiger charge is 2.53. The van der Waals surface area contributed by atoms with Gasteiger partial charge in [-0.2, -0.15) is 10.5 Å². The minimum Gasteiger partial charge on any atom is -0.310 e. The molecule has 0 saturated heterocycles. The molecule has 0 N–H and O–H groups in total. The van der Waals surface area contributed by atoms with E-state index in [0.717, 1.165) is 34.1 Å². The molecule has 348 valence electrons. The van der Waals surface area contributed by atoms with Crippen molar-refractivity contribution in [2.45, 2.75) is 44.7 Å². The Balaban J connectivity index is 1.11. The van der Waals surface area contributed by atoms with Gasteiger partial charge in [0.05, 0.1) is 44.8 Å². The van der Waals surface area contributed by atoms with E-state index >= 15 is 0 Å². The first-order valence-corrected chi connectivity index (χ1v) is 32.3. The Hall–Kier alpha value is -8.53. The third-order valence-electron chi connectivity index (χ3n) is 15.8. The van der Waals surface area contributed by atoms with Gasteiger partial charge in [-0.25, -0.2) is 0 Å². The van der Waals surface area contributed by atoms with E-state index in [1.165, 1.54) is 87.9 Å². The normalized spacial score (nSPS) is 13.2. The van der Waals surface area contributed by atoms with Gasteiger partial charge >= 0.3 is 0 Å². The Labute approximate surface area is 430 Å². The molecule has 73 heavy (non-hydrogen) atoms. The number of benzene rings is 10. The van der Waals surface area contributed by atoms with E-state index in [9.17, 15) is 10.5 Å². The van der Waals surface area contributed by atoms with Crippen molar-refractivity contribution < 1.29 is 0 Å². The maximum Gasteiger partial charge on any atom is 0.0991 e. The second kappa shape index (κ2) is 16.2. The van der Waals surface area contributed by atoms with Crippen LogP contribution < -0.4 is 20.2 Å². The molecule has 0 atom stereocenters. The second-order valence-electron chi connectivity index (χ2n) is 22.0. The molecule has 13 rings (SSSR count). The number of hydrogen-bond donors (Lipinski definition) is 0. The Bertz CT molecular complexity index is 3830. The van der Waals surface area contributed by atoms with E-state index in [0.29, 0.717) is 11.1 Å². The summed E-state index contributed by atoms with van der Waals surface area (Å²) in [6.07, 6.45) is 0. The number of nitriles is 2. The van der Waals surface area contributed by atoms with Crippen LogP contribution in [-0.2, 0) is 5.41 Å². The van der Waals surface area contributed by atoms with Crippen molar-refractivity contribution in [2.24, 2.45) is 0 Å². The van der Waals surface area contributed by atoms with E-state index in [1.54, 1.807) is 0 Å². The summed E-state index contributed by atoms with van der Waals surface area (Å²) < 4.78 is 0. The SMILES string of the molecule is C[Si](C)(C)c1ccc(N(c2ccc(C#N)cc2)c2ccc3c(c2)C2(c4cc(N(c5ccc(C#N)cc5)c5ccc([Si](C)(C)C)cc5)ccc4-3)c3ccccc3-c3c2cc2c4c(cccc34)-c3ccccc3-2)cc1. The molecule has 0 amide bonds. The summed E-state index contributed by atoms with van der Waals surface area (Å²) in [5.41, 5.74) is 21.8. The molecule has 10 aromatic carbocycles. The highest BCUT2D eigenvalue weighted by molar-refractivity contribution is 6.89. The number of fused-ring (bicyclic) bond motifs is 14. The van der Waals surface area contributed by atoms with Crippen molar-refractivity contribution in [2.75, 3.05) is 9.80 Å². The number of rotatable bonds is 8. The van der Waals surface area contributed by atoms with Crippen LogP contribution in [-0.4, -0.2) is 16.1 Å². The zero-order valence-electron chi connectivity index (χ0n) is 41.9. The number of hydrogen-bond acceptors (Lipinski definition) is 4. The van der Waals surface area contributed by atoms with E-state index in [4.69, 9.17) is 0 Å². The fourth-order valence-electron chi connectivity index (χ4n) is 12.3. The molecular weight excluding hydrogens is 917 g/mol. The molecule has 3 aliphatic rings. The average Bonchev–Trinajstić information content (AvgIpc) is 4.03. The average molecular weight is 969 g/mol. The molecule has 6 heteroatoms. The number of nitrogens with zero attached hydrogens (tertiary/aromatic N) is 4. The first-order chi connectivity index (χ1) is 35.4. The van der Waals surface area contributed by atoms with Crippen molar-refractivity contribution >= 4 is 71.4 Å². The fourth-order valence-corrected chi connectivity index (χ4v) is 14.6. The van der Waals surface area contributed by atoms with Crippen molar-refractivity contribution in [1.29, 1.82) is 10.5 Å². The zero-order chi connectivity index (χ0) is 50.0. The topological polar surface area (TPSA) is 54.1 Å². The van der Waals surface area contributed by atoms with Crippen molar-refractivity contribution in [3.05, 3.63) is 240 Å². The highest BCUT2D eigenvalue weighted by Crippen LogP contribution is 2.66. The Morgan fingerprint density at radius 1 is 0.342 bits per heavy atom. The standard InChI is InChI=1S/C67H52N4Si2/c1-72(2,3)51-32-26-47(27-33-51)70(45-22-18-43(41-68)19-23-45)49-30-36-55-56-37-31-50(71(46-24-20-44(42-69)21-25-46)48-28-34-52(35-29-48)73(4,5)6)39-63(56)67(62(55)38-49)61-17-10-9-14-58(61)66-59-16-11-15-57-53-12-7-8-13-54(53)60(65(57)59)40-64(66)67/h7-40H,1-6H3. The van der Waals surface area contributed by atoms with Crippen LogP contribution in [0.2, 0.25) is 39.3 Å². The predicted octanol–water partition coefficient (Wildman–Crippen LogP) is 16.6. The summed E-state index contributed by atoms with van der Waals surface area (Å²) in [4.78, 5) is 4.72. The maximum atomic E-state index is 9.91. The van der Waals surface area contributed by atoms with Crippen LogP contribution in [0.4, 0.5) is 34.1 Å². The molecule has 1 spiro atoms. The minimum atomic E-state index is -1.59. The van der Waals surface area contributed by atoms with Crippen LogP contribution in [0.15, 0.2) is 206 Å². The first-order valence-electron chi connectivity index (χ1n) is 25.3.